The van der Waals surface area contributed by atoms with Gasteiger partial charge in [0.1, 0.15) is 22.8 Å². The van der Waals surface area contributed by atoms with Gasteiger partial charge in [0.2, 0.25) is 6.61 Å². The van der Waals surface area contributed by atoms with Gasteiger partial charge in [-0.1, -0.05) is 5.16 Å². The summed E-state index contributed by atoms with van der Waals surface area (Å²) in [5.41, 5.74) is 1.28. The van der Waals surface area contributed by atoms with E-state index in [2.05, 4.69) is 20.3 Å². The molecule has 0 spiro atoms. The van der Waals surface area contributed by atoms with Crippen molar-refractivity contribution in [1.29, 1.82) is 0 Å². The first-order valence-corrected chi connectivity index (χ1v) is 11.8. The second kappa shape index (κ2) is 10.1. The van der Waals surface area contributed by atoms with Crippen molar-refractivity contribution in [2.45, 2.75) is 24.9 Å². The molecule has 0 aliphatic carbocycles. The van der Waals surface area contributed by atoms with Gasteiger partial charge in [0.25, 0.3) is 11.8 Å². The molecule has 2 aliphatic heterocycles. The topological polar surface area (TPSA) is 191 Å². The van der Waals surface area contributed by atoms with Crippen molar-refractivity contribution in [3.05, 3.63) is 50.5 Å². The molecule has 2 aliphatic rings. The van der Waals surface area contributed by atoms with Crippen molar-refractivity contribution in [3.8, 4) is 0 Å². The zero-order chi connectivity index (χ0) is 25.1. The molecule has 4 rings (SSSR count). The van der Waals surface area contributed by atoms with Crippen LogP contribution in [0.2, 0.25) is 0 Å². The van der Waals surface area contributed by atoms with E-state index >= 15 is 0 Å². The number of thiazole rings is 1. The fourth-order valence-corrected chi connectivity index (χ4v) is 4.87. The van der Waals surface area contributed by atoms with Crippen LogP contribution in [0.4, 0.5) is 0 Å². The lowest BCUT2D eigenvalue weighted by Gasteiger charge is -2.48. The van der Waals surface area contributed by atoms with Gasteiger partial charge in [-0.15, -0.1) is 23.1 Å². The summed E-state index contributed by atoms with van der Waals surface area (Å²) in [7, 11) is 0. The maximum absolute atomic E-state index is 12.8. The van der Waals surface area contributed by atoms with Crippen LogP contribution in [0.3, 0.4) is 0 Å². The normalized spacial score (nSPS) is 19.3. The Bertz CT molecular complexity index is 1280. The Kier molecular flexibility index (Phi) is 7.02. The summed E-state index contributed by atoms with van der Waals surface area (Å²) in [5.74, 6) is -3.81. The van der Waals surface area contributed by atoms with Crippen LogP contribution in [-0.2, 0) is 35.4 Å². The molecule has 0 radical (unpaired) electrons. The Hall–Kier alpha value is -3.92. The first-order chi connectivity index (χ1) is 16.8. The van der Waals surface area contributed by atoms with E-state index in [-0.39, 0.29) is 35.2 Å². The lowest BCUT2D eigenvalue weighted by molar-refractivity contribution is -0.153. The van der Waals surface area contributed by atoms with Gasteiger partial charge in [-0.25, -0.2) is 19.4 Å². The van der Waals surface area contributed by atoms with Gasteiger partial charge in [0.15, 0.2) is 23.8 Å². The largest absolute Gasteiger partial charge is 0.519 e. The minimum absolute atomic E-state index is 0.00840. The zero-order valence-electron chi connectivity index (χ0n) is 17.8. The van der Waals surface area contributed by atoms with E-state index in [0.717, 1.165) is 0 Å². The van der Waals surface area contributed by atoms with Gasteiger partial charge in [0, 0.05) is 11.1 Å². The number of aromatic nitrogens is 1. The second-order valence-corrected chi connectivity index (χ2v) is 8.83. The fraction of sp³-hybridized carbons (Fsp3) is 0.316. The number of fused-ring (bicyclic) bond motifs is 1. The third-order valence-corrected chi connectivity index (χ3v) is 6.52. The van der Waals surface area contributed by atoms with E-state index in [4.69, 9.17) is 18.7 Å². The molecule has 1 fully saturated rings. The monoisotopic (exact) mass is 524 g/mol. The summed E-state index contributed by atoms with van der Waals surface area (Å²) in [6.07, 6.45) is 1.51. The zero-order valence-corrected chi connectivity index (χ0v) is 19.4. The molecule has 16 heteroatoms. The summed E-state index contributed by atoms with van der Waals surface area (Å²) in [5, 5.41) is 15.7. The molecule has 1 saturated heterocycles. The van der Waals surface area contributed by atoms with Crippen LogP contribution in [0.25, 0.3) is 0 Å². The number of nitrogens with one attached hydrogen (secondary N) is 1. The second-order valence-electron chi connectivity index (χ2n) is 6.96. The number of thioether (sulfide) groups is 1. The Labute approximate surface area is 203 Å². The lowest BCUT2D eigenvalue weighted by atomic mass is 10.0. The van der Waals surface area contributed by atoms with Crippen LogP contribution in [-0.4, -0.2) is 68.2 Å². The number of hydrogen-bond acceptors (Lipinski definition) is 13. The van der Waals surface area contributed by atoms with Gasteiger partial charge in [-0.2, -0.15) is 0 Å². The molecule has 14 nitrogen and oxygen atoms in total. The summed E-state index contributed by atoms with van der Waals surface area (Å²) in [6.45, 7) is 0.341. The number of ether oxygens (including phenoxy) is 1. The average Bonchev–Trinajstić information content (AvgIpc) is 3.46. The van der Waals surface area contributed by atoms with E-state index < -0.39 is 47.6 Å². The number of β-lactam (4-membered cyclic amide) rings is 1. The number of carboxylic acid groups (broad SMARTS) is 1. The van der Waals surface area contributed by atoms with Gasteiger partial charge >= 0.3 is 17.8 Å². The number of aliphatic carboxylic acids is 1. The number of amides is 2. The molecule has 4 heterocycles. The summed E-state index contributed by atoms with van der Waals surface area (Å²) < 4.78 is 14.6. The van der Waals surface area contributed by atoms with Crippen molar-refractivity contribution < 1.29 is 42.7 Å². The minimum atomic E-state index is -1.29. The highest BCUT2D eigenvalue weighted by Gasteiger charge is 2.53. The highest BCUT2D eigenvalue weighted by Crippen LogP contribution is 2.38. The van der Waals surface area contributed by atoms with Gasteiger partial charge in [-0.05, 0) is 13.0 Å². The van der Waals surface area contributed by atoms with E-state index in [1.165, 1.54) is 51.9 Å². The Morgan fingerprint density at radius 3 is 2.80 bits per heavy atom. The summed E-state index contributed by atoms with van der Waals surface area (Å²) >= 11 is 2.49. The van der Waals surface area contributed by atoms with E-state index in [1.54, 1.807) is 0 Å². The standard InChI is InChI=1S/C19H16N4O10S2/c1-8-11(33-19(29)32-8)4-30-18(28)10-2-3-35-17-14(16(27)23(10)17)21-15(26)13(9-6-34-7-20-9)22-31-5-12(24)25/h2,6-7,14,17H,3-5H2,1H3,(H,21,26)(H,24,25)/b22-13-/t14?,17-/m1/s1. The highest BCUT2D eigenvalue weighted by molar-refractivity contribution is 8.00. The van der Waals surface area contributed by atoms with E-state index in [9.17, 15) is 24.0 Å². The van der Waals surface area contributed by atoms with Crippen molar-refractivity contribution in [2.24, 2.45) is 5.16 Å². The molecule has 184 valence electrons. The number of oxime groups is 1. The third kappa shape index (κ3) is 5.12. The van der Waals surface area contributed by atoms with Crippen molar-refractivity contribution in [3.63, 3.8) is 0 Å². The maximum Gasteiger partial charge on any atom is 0.519 e. The first-order valence-electron chi connectivity index (χ1n) is 9.78. The first kappa shape index (κ1) is 24.2. The molecule has 2 aromatic rings. The lowest BCUT2D eigenvalue weighted by Crippen LogP contribution is -2.70. The van der Waals surface area contributed by atoms with E-state index in [0.29, 0.717) is 5.75 Å². The van der Waals surface area contributed by atoms with Crippen molar-refractivity contribution in [1.82, 2.24) is 15.2 Å². The molecule has 0 aromatic carbocycles. The van der Waals surface area contributed by atoms with Crippen LogP contribution in [0.15, 0.2) is 41.4 Å². The Morgan fingerprint density at radius 1 is 1.34 bits per heavy atom. The minimum Gasteiger partial charge on any atom is -0.479 e. The SMILES string of the molecule is Cc1oc(=O)oc1COC(=O)C1=CCS[C@@H]2C(NC(=O)/C(=N\OCC(=O)O)c3cscn3)C(=O)N12. The van der Waals surface area contributed by atoms with Crippen molar-refractivity contribution >= 4 is 52.6 Å². The highest BCUT2D eigenvalue weighted by atomic mass is 32.2. The van der Waals surface area contributed by atoms with Gasteiger partial charge < -0.3 is 28.8 Å². The quantitative estimate of drug-likeness (QED) is 0.191. The number of aryl methyl sites for hydroxylation is 1. The smallest absolute Gasteiger partial charge is 0.479 e. The number of carbonyl (C=O) groups excluding carboxylic acids is 3. The molecule has 2 atom stereocenters. The molecular formula is C19H16N4O10S2. The maximum atomic E-state index is 12.8. The molecule has 2 aromatic heterocycles. The summed E-state index contributed by atoms with van der Waals surface area (Å²) in [4.78, 5) is 69.8. The molecule has 1 unspecified atom stereocenters. The number of rotatable bonds is 9. The molecule has 0 bridgehead atoms. The number of nitrogens with zero attached hydrogens (tertiary/aromatic N) is 3. The molecule has 2 N–H and O–H groups in total. The van der Waals surface area contributed by atoms with Gasteiger partial charge in [0.05, 0.1) is 5.51 Å². The van der Waals surface area contributed by atoms with Crippen LogP contribution >= 0.6 is 23.1 Å². The predicted octanol–water partition coefficient (Wildman–Crippen LogP) is -0.170. The Morgan fingerprint density at radius 2 is 2.14 bits per heavy atom. The average molecular weight is 524 g/mol. The van der Waals surface area contributed by atoms with Crippen LogP contribution in [0.5, 0.6) is 0 Å². The summed E-state index contributed by atoms with van der Waals surface area (Å²) in [6, 6.07) is -0.985. The third-order valence-electron chi connectivity index (χ3n) is 4.75. The number of carbonyl (C=O) groups is 4. The van der Waals surface area contributed by atoms with Gasteiger partial charge in [-0.3, -0.25) is 14.5 Å². The molecule has 35 heavy (non-hydrogen) atoms. The number of carboxylic acids is 1. The van der Waals surface area contributed by atoms with E-state index in [1.807, 2.05) is 0 Å². The Balaban J connectivity index is 1.41. The molecule has 0 saturated carbocycles. The molecule has 2 amide bonds. The van der Waals surface area contributed by atoms with Crippen LogP contribution in [0, 0.1) is 6.92 Å². The number of hydrogen-bond donors (Lipinski definition) is 2. The predicted molar refractivity (Wildman–Crippen MR) is 117 cm³/mol. The molecular weight excluding hydrogens is 508 g/mol. The fourth-order valence-electron chi connectivity index (χ4n) is 3.14. The number of esters is 1. The van der Waals surface area contributed by atoms with Crippen molar-refractivity contribution in [2.75, 3.05) is 12.4 Å². The van der Waals surface area contributed by atoms with Crippen LogP contribution < -0.4 is 11.1 Å². The van der Waals surface area contributed by atoms with Crippen LogP contribution in [0.1, 0.15) is 17.2 Å².